The van der Waals surface area contributed by atoms with E-state index in [1.54, 1.807) is 0 Å². The smallest absolute Gasteiger partial charge is 0.262 e. The number of aromatic nitrogens is 2. The molecule has 0 spiro atoms. The Balaban J connectivity index is 2.07. The lowest BCUT2D eigenvalue weighted by atomic mass is 10.2. The molecule has 0 aliphatic heterocycles. The van der Waals surface area contributed by atoms with Crippen LogP contribution in [0.1, 0.15) is 17.4 Å². The molecule has 0 radical (unpaired) electrons. The van der Waals surface area contributed by atoms with Gasteiger partial charge in [-0.3, -0.25) is 9.36 Å². The van der Waals surface area contributed by atoms with E-state index >= 15 is 0 Å². The number of thiophene rings is 1. The van der Waals surface area contributed by atoms with Crippen LogP contribution in [0.15, 0.2) is 35.4 Å². The molecule has 0 aliphatic carbocycles. The van der Waals surface area contributed by atoms with Crippen LogP contribution >= 0.6 is 11.3 Å². The van der Waals surface area contributed by atoms with E-state index in [0.717, 1.165) is 17.4 Å². The zero-order valence-corrected chi connectivity index (χ0v) is 12.1. The average Bonchev–Trinajstić information content (AvgIpc) is 2.91. The summed E-state index contributed by atoms with van der Waals surface area (Å²) in [4.78, 5) is 18.3. The van der Waals surface area contributed by atoms with E-state index < -0.39 is 11.6 Å². The van der Waals surface area contributed by atoms with Crippen LogP contribution in [-0.2, 0) is 13.0 Å². The first-order valence-corrected chi connectivity index (χ1v) is 7.32. The van der Waals surface area contributed by atoms with Crippen molar-refractivity contribution < 1.29 is 8.78 Å². The van der Waals surface area contributed by atoms with Crippen molar-refractivity contribution in [2.24, 2.45) is 0 Å². The van der Waals surface area contributed by atoms with Crippen LogP contribution in [0.25, 0.3) is 10.2 Å². The predicted octanol–water partition coefficient (Wildman–Crippen LogP) is 3.35. The molecule has 3 rings (SSSR count). The molecule has 6 heteroatoms. The van der Waals surface area contributed by atoms with Gasteiger partial charge in [-0.05, 0) is 18.6 Å². The molecule has 0 aliphatic rings. The van der Waals surface area contributed by atoms with Crippen molar-refractivity contribution in [1.29, 1.82) is 0 Å². The summed E-state index contributed by atoms with van der Waals surface area (Å²) in [5.41, 5.74) is -0.108. The highest BCUT2D eigenvalue weighted by Crippen LogP contribution is 2.21. The van der Waals surface area contributed by atoms with E-state index in [4.69, 9.17) is 0 Å². The minimum atomic E-state index is -0.927. The highest BCUT2D eigenvalue weighted by Gasteiger charge is 2.12. The Bertz CT molecular complexity index is 870. The summed E-state index contributed by atoms with van der Waals surface area (Å²) in [5.74, 6) is -1.84. The summed E-state index contributed by atoms with van der Waals surface area (Å²) in [7, 11) is 0. The number of nitrogens with zero attached hydrogens (tertiary/aromatic N) is 2. The number of benzene rings is 1. The van der Waals surface area contributed by atoms with Gasteiger partial charge in [-0.1, -0.05) is 19.1 Å². The third-order valence-electron chi connectivity index (χ3n) is 3.29. The van der Waals surface area contributed by atoms with Gasteiger partial charge in [-0.2, -0.15) is 0 Å². The fourth-order valence-corrected chi connectivity index (χ4v) is 3.08. The number of fused-ring (bicyclic) bond motifs is 1. The van der Waals surface area contributed by atoms with E-state index in [0.29, 0.717) is 10.2 Å². The fourth-order valence-electron chi connectivity index (χ4n) is 2.15. The highest BCUT2D eigenvalue weighted by atomic mass is 32.1. The summed E-state index contributed by atoms with van der Waals surface area (Å²) >= 11 is 1.47. The largest absolute Gasteiger partial charge is 0.294 e. The standard InChI is InChI=1S/C15H12F2N2OS/c1-2-10-6-11-14(21-10)18-8-19(15(11)20)7-9-4-3-5-12(16)13(9)17/h3-6,8H,2,7H2,1H3. The lowest BCUT2D eigenvalue weighted by Gasteiger charge is -2.06. The number of hydrogen-bond acceptors (Lipinski definition) is 3. The normalized spacial score (nSPS) is 11.2. The number of hydrogen-bond donors (Lipinski definition) is 0. The van der Waals surface area contributed by atoms with Crippen LogP contribution < -0.4 is 5.56 Å². The second-order valence-electron chi connectivity index (χ2n) is 4.68. The van der Waals surface area contributed by atoms with Crippen LogP contribution in [0.4, 0.5) is 8.78 Å². The van der Waals surface area contributed by atoms with Gasteiger partial charge in [0.05, 0.1) is 18.3 Å². The molecule has 2 aromatic heterocycles. The van der Waals surface area contributed by atoms with Gasteiger partial charge in [-0.25, -0.2) is 13.8 Å². The third-order valence-corrected chi connectivity index (χ3v) is 4.48. The molecule has 0 N–H and O–H groups in total. The third kappa shape index (κ3) is 2.47. The second-order valence-corrected chi connectivity index (χ2v) is 5.79. The number of halogens is 2. The van der Waals surface area contributed by atoms with Crippen molar-refractivity contribution >= 4 is 21.6 Å². The van der Waals surface area contributed by atoms with Crippen molar-refractivity contribution in [1.82, 2.24) is 9.55 Å². The van der Waals surface area contributed by atoms with Gasteiger partial charge in [0.1, 0.15) is 4.83 Å². The molecule has 0 fully saturated rings. The molecule has 1 aromatic carbocycles. The molecule has 3 aromatic rings. The summed E-state index contributed by atoms with van der Waals surface area (Å²) < 4.78 is 28.2. The molecule has 0 saturated heterocycles. The van der Waals surface area contributed by atoms with E-state index in [9.17, 15) is 13.6 Å². The molecule has 0 saturated carbocycles. The van der Waals surface area contributed by atoms with Crippen LogP contribution in [0.3, 0.4) is 0 Å². The molecule has 3 nitrogen and oxygen atoms in total. The Morgan fingerprint density at radius 2 is 2.14 bits per heavy atom. The van der Waals surface area contributed by atoms with Crippen LogP contribution in [0.2, 0.25) is 0 Å². The molecular formula is C15H12F2N2OS. The monoisotopic (exact) mass is 306 g/mol. The fraction of sp³-hybridized carbons (Fsp3) is 0.200. The van der Waals surface area contributed by atoms with Crippen LogP contribution in [0, 0.1) is 11.6 Å². The SMILES string of the molecule is CCc1cc2c(=O)n(Cc3cccc(F)c3F)cnc2s1. The summed E-state index contributed by atoms with van der Waals surface area (Å²) in [6.45, 7) is 1.97. The maximum Gasteiger partial charge on any atom is 0.262 e. The maximum atomic E-state index is 13.7. The van der Waals surface area contributed by atoms with Crippen molar-refractivity contribution in [3.05, 3.63) is 63.0 Å². The Kier molecular flexibility index (Phi) is 3.55. The van der Waals surface area contributed by atoms with E-state index in [-0.39, 0.29) is 17.7 Å². The number of rotatable bonds is 3. The summed E-state index contributed by atoms with van der Waals surface area (Å²) in [5, 5.41) is 0.524. The van der Waals surface area contributed by atoms with Crippen molar-refractivity contribution in [2.45, 2.75) is 19.9 Å². The first-order chi connectivity index (χ1) is 10.1. The van der Waals surface area contributed by atoms with Gasteiger partial charge in [0.15, 0.2) is 11.6 Å². The van der Waals surface area contributed by atoms with E-state index in [2.05, 4.69) is 4.98 Å². The Morgan fingerprint density at radius 3 is 2.90 bits per heavy atom. The van der Waals surface area contributed by atoms with Crippen molar-refractivity contribution in [3.8, 4) is 0 Å². The Labute approximate surface area is 123 Å². The average molecular weight is 306 g/mol. The molecule has 0 atom stereocenters. The Morgan fingerprint density at radius 1 is 1.33 bits per heavy atom. The molecule has 0 bridgehead atoms. The molecule has 0 amide bonds. The zero-order chi connectivity index (χ0) is 15.0. The van der Waals surface area contributed by atoms with Gasteiger partial charge in [0, 0.05) is 10.4 Å². The molecule has 2 heterocycles. The second kappa shape index (κ2) is 5.37. The van der Waals surface area contributed by atoms with Crippen molar-refractivity contribution in [2.75, 3.05) is 0 Å². The van der Waals surface area contributed by atoms with Gasteiger partial charge in [0.2, 0.25) is 0 Å². The summed E-state index contributed by atoms with van der Waals surface area (Å²) in [6, 6.07) is 5.74. The quantitative estimate of drug-likeness (QED) is 0.744. The molecule has 0 unspecified atom stereocenters. The zero-order valence-electron chi connectivity index (χ0n) is 11.3. The summed E-state index contributed by atoms with van der Waals surface area (Å²) in [6.07, 6.45) is 2.21. The van der Waals surface area contributed by atoms with Gasteiger partial charge >= 0.3 is 0 Å². The molecule has 108 valence electrons. The predicted molar refractivity (Wildman–Crippen MR) is 78.7 cm³/mol. The van der Waals surface area contributed by atoms with Crippen LogP contribution in [0.5, 0.6) is 0 Å². The van der Waals surface area contributed by atoms with Crippen LogP contribution in [-0.4, -0.2) is 9.55 Å². The lowest BCUT2D eigenvalue weighted by Crippen LogP contribution is -2.21. The van der Waals surface area contributed by atoms with E-state index in [1.165, 1.54) is 34.4 Å². The van der Waals surface area contributed by atoms with Gasteiger partial charge < -0.3 is 0 Å². The molecule has 21 heavy (non-hydrogen) atoms. The maximum absolute atomic E-state index is 13.7. The van der Waals surface area contributed by atoms with Gasteiger partial charge in [0.25, 0.3) is 5.56 Å². The van der Waals surface area contributed by atoms with Crippen molar-refractivity contribution in [3.63, 3.8) is 0 Å². The minimum Gasteiger partial charge on any atom is -0.294 e. The molecular weight excluding hydrogens is 294 g/mol. The first-order valence-electron chi connectivity index (χ1n) is 6.51. The highest BCUT2D eigenvalue weighted by molar-refractivity contribution is 7.18. The van der Waals surface area contributed by atoms with E-state index in [1.807, 2.05) is 13.0 Å². The van der Waals surface area contributed by atoms with Gasteiger partial charge in [-0.15, -0.1) is 11.3 Å². The first kappa shape index (κ1) is 13.9. The Hall–Kier alpha value is -2.08. The number of aryl methyl sites for hydroxylation is 1. The topological polar surface area (TPSA) is 34.9 Å². The minimum absolute atomic E-state index is 0.0390. The lowest BCUT2D eigenvalue weighted by molar-refractivity contribution is 0.494.